The molecule has 9 nitrogen and oxygen atoms in total. The third-order valence-electron chi connectivity index (χ3n) is 3.90. The second kappa shape index (κ2) is 6.99. The predicted octanol–water partition coefficient (Wildman–Crippen LogP) is 2.50. The number of aromatic nitrogens is 7. The Balaban J connectivity index is 1.84. The number of nitrogens with two attached hydrogens (primary N) is 1. The van der Waals surface area contributed by atoms with Crippen molar-refractivity contribution < 1.29 is 4.39 Å². The molecule has 0 aromatic carbocycles. The van der Waals surface area contributed by atoms with Crippen LogP contribution in [0.25, 0.3) is 22.5 Å². The molecule has 0 unspecified atom stereocenters. The molecule has 3 N–H and O–H groups in total. The molecule has 0 fully saturated rings. The lowest BCUT2D eigenvalue weighted by atomic mass is 10.1. The minimum absolute atomic E-state index is 0.104. The Bertz CT molecular complexity index is 1140. The largest absolute Gasteiger partial charge is 0.368 e. The molecule has 28 heavy (non-hydrogen) atoms. The smallest absolute Gasteiger partial charge is 0.223 e. The number of aryl methyl sites for hydroxylation is 2. The molecule has 0 amide bonds. The van der Waals surface area contributed by atoms with Crippen LogP contribution in [0.15, 0.2) is 43.1 Å². The highest BCUT2D eigenvalue weighted by atomic mass is 19.1. The van der Waals surface area contributed by atoms with E-state index >= 15 is 0 Å². The van der Waals surface area contributed by atoms with Crippen molar-refractivity contribution in [1.82, 2.24) is 34.7 Å². The SMILES string of the molecule is Cc1nc(N)nc(-c2cc(-c3cnn(C)c3)cnc2Nc2cncc(F)c2)n1. The molecule has 0 atom stereocenters. The molecule has 4 aromatic heterocycles. The Labute approximate surface area is 159 Å². The molecule has 0 saturated heterocycles. The van der Waals surface area contributed by atoms with Gasteiger partial charge in [-0.2, -0.15) is 15.1 Å². The van der Waals surface area contributed by atoms with Crippen LogP contribution in [0.3, 0.4) is 0 Å². The van der Waals surface area contributed by atoms with Crippen LogP contribution in [-0.2, 0) is 7.05 Å². The first-order chi connectivity index (χ1) is 13.5. The van der Waals surface area contributed by atoms with Crippen LogP contribution in [0.1, 0.15) is 5.82 Å². The summed E-state index contributed by atoms with van der Waals surface area (Å²) in [5, 5.41) is 7.24. The topological polar surface area (TPSA) is 120 Å². The zero-order chi connectivity index (χ0) is 19.7. The highest BCUT2D eigenvalue weighted by Crippen LogP contribution is 2.31. The van der Waals surface area contributed by atoms with Crippen LogP contribution in [-0.4, -0.2) is 34.7 Å². The van der Waals surface area contributed by atoms with Crippen molar-refractivity contribution >= 4 is 17.5 Å². The number of pyridine rings is 2. The molecule has 4 heterocycles. The summed E-state index contributed by atoms with van der Waals surface area (Å²) in [7, 11) is 1.83. The van der Waals surface area contributed by atoms with Crippen LogP contribution >= 0.6 is 0 Å². The standard InChI is InChI=1S/C18H16FN9/c1-10-24-17(27-18(20)25-10)15-3-11(12-6-23-28(2)9-12)5-22-16(15)26-14-4-13(19)7-21-8-14/h3-9H,1-2H3,(H,22,26)(H2,20,24,25,27). The van der Waals surface area contributed by atoms with Crippen molar-refractivity contribution in [3.63, 3.8) is 0 Å². The second-order valence-corrected chi connectivity index (χ2v) is 6.10. The Morgan fingerprint density at radius 1 is 1.04 bits per heavy atom. The molecule has 10 heteroatoms. The van der Waals surface area contributed by atoms with E-state index < -0.39 is 5.82 Å². The van der Waals surface area contributed by atoms with Gasteiger partial charge in [-0.05, 0) is 13.0 Å². The average Bonchev–Trinajstić information content (AvgIpc) is 3.08. The number of hydrogen-bond acceptors (Lipinski definition) is 8. The lowest BCUT2D eigenvalue weighted by Gasteiger charge is -2.12. The second-order valence-electron chi connectivity index (χ2n) is 6.10. The number of halogens is 1. The number of nitrogen functional groups attached to an aromatic ring is 1. The van der Waals surface area contributed by atoms with Gasteiger partial charge in [-0.25, -0.2) is 14.4 Å². The third-order valence-corrected chi connectivity index (χ3v) is 3.90. The average molecular weight is 377 g/mol. The fourth-order valence-corrected chi connectivity index (χ4v) is 2.70. The molecule has 4 aromatic rings. The lowest BCUT2D eigenvalue weighted by Crippen LogP contribution is -2.05. The minimum Gasteiger partial charge on any atom is -0.368 e. The van der Waals surface area contributed by atoms with Gasteiger partial charge >= 0.3 is 0 Å². The van der Waals surface area contributed by atoms with Crippen LogP contribution in [0.2, 0.25) is 0 Å². The molecule has 140 valence electrons. The summed E-state index contributed by atoms with van der Waals surface area (Å²) >= 11 is 0. The Morgan fingerprint density at radius 3 is 2.61 bits per heavy atom. The minimum atomic E-state index is -0.459. The van der Waals surface area contributed by atoms with E-state index in [2.05, 4.69) is 35.3 Å². The van der Waals surface area contributed by atoms with Gasteiger partial charge in [0.2, 0.25) is 5.95 Å². The van der Waals surface area contributed by atoms with Crippen molar-refractivity contribution in [3.05, 3.63) is 54.8 Å². The molecule has 4 rings (SSSR count). The third kappa shape index (κ3) is 3.61. The van der Waals surface area contributed by atoms with E-state index in [-0.39, 0.29) is 5.95 Å². The maximum absolute atomic E-state index is 13.5. The summed E-state index contributed by atoms with van der Waals surface area (Å²) in [5.74, 6) is 0.916. The van der Waals surface area contributed by atoms with E-state index in [1.54, 1.807) is 24.0 Å². The summed E-state index contributed by atoms with van der Waals surface area (Å²) in [6.07, 6.45) is 7.92. The molecule has 0 aliphatic heterocycles. The van der Waals surface area contributed by atoms with Gasteiger partial charge in [0.15, 0.2) is 5.82 Å². The van der Waals surface area contributed by atoms with Crippen molar-refractivity contribution in [2.45, 2.75) is 6.92 Å². The van der Waals surface area contributed by atoms with Crippen LogP contribution in [0, 0.1) is 12.7 Å². The van der Waals surface area contributed by atoms with Crippen molar-refractivity contribution in [3.8, 4) is 22.5 Å². The molecule has 0 aliphatic rings. The number of nitrogens with zero attached hydrogens (tertiary/aromatic N) is 7. The fourth-order valence-electron chi connectivity index (χ4n) is 2.70. The van der Waals surface area contributed by atoms with Gasteiger partial charge in [0, 0.05) is 36.6 Å². The number of anilines is 3. The summed E-state index contributed by atoms with van der Waals surface area (Å²) in [6, 6.07) is 3.19. The maximum Gasteiger partial charge on any atom is 0.223 e. The molecule has 0 saturated carbocycles. The summed E-state index contributed by atoms with van der Waals surface area (Å²) in [5.41, 5.74) is 8.53. The van der Waals surface area contributed by atoms with E-state index in [0.29, 0.717) is 28.7 Å². The van der Waals surface area contributed by atoms with E-state index in [1.807, 2.05) is 19.3 Å². The molecule has 0 aliphatic carbocycles. The van der Waals surface area contributed by atoms with Crippen molar-refractivity contribution in [1.29, 1.82) is 0 Å². The summed E-state index contributed by atoms with van der Waals surface area (Å²) in [6.45, 7) is 1.73. The zero-order valence-electron chi connectivity index (χ0n) is 15.1. The van der Waals surface area contributed by atoms with E-state index in [0.717, 1.165) is 17.3 Å². The fraction of sp³-hybridized carbons (Fsp3) is 0.111. The van der Waals surface area contributed by atoms with Crippen LogP contribution in [0.4, 0.5) is 21.8 Å². The van der Waals surface area contributed by atoms with Gasteiger partial charge < -0.3 is 11.1 Å². The van der Waals surface area contributed by atoms with Crippen molar-refractivity contribution in [2.75, 3.05) is 11.1 Å². The van der Waals surface area contributed by atoms with Gasteiger partial charge in [-0.3, -0.25) is 9.67 Å². The van der Waals surface area contributed by atoms with Crippen molar-refractivity contribution in [2.24, 2.45) is 7.05 Å². The predicted molar refractivity (Wildman–Crippen MR) is 102 cm³/mol. The molecule has 0 spiro atoms. The maximum atomic E-state index is 13.5. The van der Waals surface area contributed by atoms with Gasteiger partial charge in [0.25, 0.3) is 0 Å². The number of rotatable bonds is 4. The molecular formula is C18H16FN9. The first kappa shape index (κ1) is 17.5. The molecule has 0 bridgehead atoms. The van der Waals surface area contributed by atoms with Gasteiger partial charge in [0.1, 0.15) is 17.5 Å². The summed E-state index contributed by atoms with van der Waals surface area (Å²) < 4.78 is 15.2. The molecular weight excluding hydrogens is 361 g/mol. The quantitative estimate of drug-likeness (QED) is 0.556. The van der Waals surface area contributed by atoms with E-state index in [4.69, 9.17) is 5.73 Å². The van der Waals surface area contributed by atoms with Crippen LogP contribution < -0.4 is 11.1 Å². The highest BCUT2D eigenvalue weighted by Gasteiger charge is 2.15. The molecule has 0 radical (unpaired) electrons. The van der Waals surface area contributed by atoms with Crippen LogP contribution in [0.5, 0.6) is 0 Å². The van der Waals surface area contributed by atoms with E-state index in [1.165, 1.54) is 12.3 Å². The first-order valence-electron chi connectivity index (χ1n) is 8.33. The van der Waals surface area contributed by atoms with Gasteiger partial charge in [0.05, 0.1) is 29.8 Å². The Kier molecular flexibility index (Phi) is 4.36. The van der Waals surface area contributed by atoms with E-state index in [9.17, 15) is 4.39 Å². The normalized spacial score (nSPS) is 10.8. The highest BCUT2D eigenvalue weighted by molar-refractivity contribution is 5.79. The number of hydrogen-bond donors (Lipinski definition) is 2. The Morgan fingerprint density at radius 2 is 1.89 bits per heavy atom. The zero-order valence-corrected chi connectivity index (χ0v) is 15.1. The lowest BCUT2D eigenvalue weighted by molar-refractivity contribution is 0.622. The van der Waals surface area contributed by atoms with Gasteiger partial charge in [-0.15, -0.1) is 0 Å². The summed E-state index contributed by atoms with van der Waals surface area (Å²) in [4.78, 5) is 20.9. The number of nitrogens with one attached hydrogen (secondary N) is 1. The van der Waals surface area contributed by atoms with Gasteiger partial charge in [-0.1, -0.05) is 0 Å². The Hall–Kier alpha value is -3.95. The first-order valence-corrected chi connectivity index (χ1v) is 8.33. The monoisotopic (exact) mass is 377 g/mol.